The molecule has 27 heavy (non-hydrogen) atoms. The first kappa shape index (κ1) is 18.3. The third kappa shape index (κ3) is 5.01. The number of carbonyl (C=O) groups excluding carboxylic acids is 1. The van der Waals surface area contributed by atoms with Gasteiger partial charge in [0.05, 0.1) is 11.3 Å². The number of hydrogen-bond donors (Lipinski definition) is 0. The molecule has 0 aliphatic rings. The lowest BCUT2D eigenvalue weighted by atomic mass is 10.1. The van der Waals surface area contributed by atoms with Crippen LogP contribution >= 0.6 is 0 Å². The van der Waals surface area contributed by atoms with Gasteiger partial charge in [0.15, 0.2) is 0 Å². The number of nitrogens with zero attached hydrogens (tertiary/aromatic N) is 2. The quantitative estimate of drug-likeness (QED) is 0.370. The Morgan fingerprint density at radius 2 is 1.56 bits per heavy atom. The minimum absolute atomic E-state index is 0.299. The highest BCUT2D eigenvalue weighted by molar-refractivity contribution is 5.92. The first-order chi connectivity index (χ1) is 13.0. The number of halogens is 1. The van der Waals surface area contributed by atoms with E-state index in [9.17, 15) is 9.18 Å². The van der Waals surface area contributed by atoms with Crippen molar-refractivity contribution < 1.29 is 13.9 Å². The zero-order chi connectivity index (χ0) is 19.2. The van der Waals surface area contributed by atoms with E-state index in [1.54, 1.807) is 30.5 Å². The van der Waals surface area contributed by atoms with Gasteiger partial charge in [-0.15, -0.1) is 0 Å². The van der Waals surface area contributed by atoms with Crippen LogP contribution in [0.2, 0.25) is 0 Å². The average Bonchev–Trinajstić information content (AvgIpc) is 2.69. The molecule has 0 spiro atoms. The van der Waals surface area contributed by atoms with Crippen molar-refractivity contribution in [2.75, 3.05) is 19.0 Å². The van der Waals surface area contributed by atoms with Crippen molar-refractivity contribution in [3.05, 3.63) is 89.7 Å². The summed E-state index contributed by atoms with van der Waals surface area (Å²) in [4.78, 5) is 18.6. The zero-order valence-corrected chi connectivity index (χ0v) is 15.1. The fourth-order valence-electron chi connectivity index (χ4n) is 2.36. The summed E-state index contributed by atoms with van der Waals surface area (Å²) in [6.07, 6.45) is 1.74. The molecular weight excluding hydrogens is 343 g/mol. The normalized spacial score (nSPS) is 10.8. The van der Waals surface area contributed by atoms with Crippen molar-refractivity contribution in [2.45, 2.75) is 0 Å². The summed E-state index contributed by atoms with van der Waals surface area (Å²) in [5.41, 5.74) is 3.23. The molecule has 136 valence electrons. The van der Waals surface area contributed by atoms with Crippen LogP contribution in [0.25, 0.3) is 0 Å². The Balaban J connectivity index is 1.64. The van der Waals surface area contributed by atoms with Crippen LogP contribution in [0.3, 0.4) is 0 Å². The van der Waals surface area contributed by atoms with E-state index in [4.69, 9.17) is 4.74 Å². The molecule has 0 fully saturated rings. The summed E-state index contributed by atoms with van der Waals surface area (Å²) in [7, 11) is 3.97. The topological polar surface area (TPSA) is 41.9 Å². The molecule has 3 rings (SSSR count). The number of anilines is 1. The van der Waals surface area contributed by atoms with Gasteiger partial charge in [0, 0.05) is 26.0 Å². The van der Waals surface area contributed by atoms with E-state index in [0.29, 0.717) is 11.3 Å². The van der Waals surface area contributed by atoms with Gasteiger partial charge in [0.25, 0.3) is 0 Å². The average molecular weight is 362 g/mol. The van der Waals surface area contributed by atoms with Gasteiger partial charge in [0.1, 0.15) is 11.6 Å². The Hall–Kier alpha value is -3.47. The number of rotatable bonds is 5. The number of aliphatic imine (C=N–C) groups is 1. The summed E-state index contributed by atoms with van der Waals surface area (Å²) in [6.45, 7) is 0. The summed E-state index contributed by atoms with van der Waals surface area (Å²) in [5.74, 6) is -0.577. The highest BCUT2D eigenvalue weighted by Crippen LogP contribution is 2.18. The van der Waals surface area contributed by atoms with Gasteiger partial charge in [-0.3, -0.25) is 4.99 Å². The summed E-state index contributed by atoms with van der Waals surface area (Å²) in [5, 5.41) is 0. The van der Waals surface area contributed by atoms with Crippen molar-refractivity contribution >= 4 is 23.6 Å². The Kier molecular flexibility index (Phi) is 5.61. The Bertz CT molecular complexity index is 932. The number of carbonyl (C=O) groups is 1. The molecule has 3 aromatic rings. The highest BCUT2D eigenvalue weighted by atomic mass is 19.1. The van der Waals surface area contributed by atoms with E-state index < -0.39 is 5.97 Å². The molecule has 0 saturated heterocycles. The van der Waals surface area contributed by atoms with Crippen LogP contribution in [0.5, 0.6) is 5.75 Å². The monoisotopic (exact) mass is 362 g/mol. The van der Waals surface area contributed by atoms with Gasteiger partial charge in [-0.1, -0.05) is 12.1 Å². The van der Waals surface area contributed by atoms with Crippen LogP contribution < -0.4 is 9.64 Å². The van der Waals surface area contributed by atoms with E-state index in [1.165, 1.54) is 24.3 Å². The van der Waals surface area contributed by atoms with E-state index >= 15 is 0 Å². The third-order valence-electron chi connectivity index (χ3n) is 3.90. The second kappa shape index (κ2) is 8.27. The Morgan fingerprint density at radius 1 is 0.926 bits per heavy atom. The van der Waals surface area contributed by atoms with Gasteiger partial charge in [-0.05, 0) is 66.2 Å². The van der Waals surface area contributed by atoms with E-state index in [2.05, 4.69) is 4.99 Å². The molecular formula is C22H19FN2O2. The van der Waals surface area contributed by atoms with Crippen molar-refractivity contribution in [3.8, 4) is 5.75 Å². The zero-order valence-electron chi connectivity index (χ0n) is 15.1. The van der Waals surface area contributed by atoms with Gasteiger partial charge < -0.3 is 9.64 Å². The van der Waals surface area contributed by atoms with Gasteiger partial charge in [-0.25, -0.2) is 9.18 Å². The molecule has 0 N–H and O–H groups in total. The Morgan fingerprint density at radius 3 is 2.15 bits per heavy atom. The maximum absolute atomic E-state index is 12.9. The molecule has 0 aliphatic heterocycles. The largest absolute Gasteiger partial charge is 0.423 e. The lowest BCUT2D eigenvalue weighted by Gasteiger charge is -2.11. The summed E-state index contributed by atoms with van der Waals surface area (Å²) in [6, 6.07) is 20.1. The third-order valence-corrected chi connectivity index (χ3v) is 3.90. The number of hydrogen-bond acceptors (Lipinski definition) is 4. The molecule has 5 heteroatoms. The van der Waals surface area contributed by atoms with Crippen LogP contribution in [-0.2, 0) is 0 Å². The first-order valence-electron chi connectivity index (χ1n) is 8.40. The molecule has 0 amide bonds. The van der Waals surface area contributed by atoms with Crippen molar-refractivity contribution in [1.82, 2.24) is 0 Å². The second-order valence-electron chi connectivity index (χ2n) is 6.13. The van der Waals surface area contributed by atoms with Crippen molar-refractivity contribution in [1.29, 1.82) is 0 Å². The second-order valence-corrected chi connectivity index (χ2v) is 6.13. The van der Waals surface area contributed by atoms with Crippen molar-refractivity contribution in [2.24, 2.45) is 4.99 Å². The van der Waals surface area contributed by atoms with Gasteiger partial charge in [0.2, 0.25) is 0 Å². The predicted molar refractivity (Wildman–Crippen MR) is 106 cm³/mol. The van der Waals surface area contributed by atoms with Gasteiger partial charge >= 0.3 is 5.97 Å². The molecule has 0 aromatic heterocycles. The van der Waals surface area contributed by atoms with E-state index in [0.717, 1.165) is 16.9 Å². The molecule has 0 aliphatic carbocycles. The maximum Gasteiger partial charge on any atom is 0.343 e. The SMILES string of the molecule is CN(C)c1ccc(N=Cc2ccc(C(=O)Oc3ccc(F)cc3)cc2)cc1. The minimum Gasteiger partial charge on any atom is -0.423 e. The highest BCUT2D eigenvalue weighted by Gasteiger charge is 2.08. The molecule has 4 nitrogen and oxygen atoms in total. The number of ether oxygens (including phenoxy) is 1. The van der Waals surface area contributed by atoms with Crippen LogP contribution in [-0.4, -0.2) is 26.3 Å². The van der Waals surface area contributed by atoms with E-state index in [1.807, 2.05) is 43.3 Å². The minimum atomic E-state index is -0.496. The van der Waals surface area contributed by atoms with Crippen LogP contribution in [0.1, 0.15) is 15.9 Å². The molecule has 0 radical (unpaired) electrons. The Labute approximate surface area is 157 Å². The lowest BCUT2D eigenvalue weighted by molar-refractivity contribution is 0.0734. The fourth-order valence-corrected chi connectivity index (χ4v) is 2.36. The molecule has 0 bridgehead atoms. The maximum atomic E-state index is 12.9. The smallest absolute Gasteiger partial charge is 0.343 e. The fraction of sp³-hybridized carbons (Fsp3) is 0.0909. The first-order valence-corrected chi connectivity index (χ1v) is 8.40. The van der Waals surface area contributed by atoms with Crippen LogP contribution in [0.15, 0.2) is 77.8 Å². The predicted octanol–water partition coefficient (Wildman–Crippen LogP) is 4.86. The molecule has 0 saturated carbocycles. The summed E-state index contributed by atoms with van der Waals surface area (Å²) >= 11 is 0. The van der Waals surface area contributed by atoms with E-state index in [-0.39, 0.29) is 5.82 Å². The van der Waals surface area contributed by atoms with Crippen LogP contribution in [0, 0.1) is 5.82 Å². The molecule has 0 atom stereocenters. The van der Waals surface area contributed by atoms with Gasteiger partial charge in [-0.2, -0.15) is 0 Å². The molecule has 0 unspecified atom stereocenters. The lowest BCUT2D eigenvalue weighted by Crippen LogP contribution is -2.08. The summed E-state index contributed by atoms with van der Waals surface area (Å²) < 4.78 is 18.1. The molecule has 3 aromatic carbocycles. The number of benzene rings is 3. The number of esters is 1. The molecule has 0 heterocycles. The standard InChI is InChI=1S/C22H19FN2O2/c1-25(2)20-11-9-19(10-12-20)24-15-16-3-5-17(6-4-16)22(26)27-21-13-7-18(23)8-14-21/h3-15H,1-2H3. The van der Waals surface area contributed by atoms with Crippen LogP contribution in [0.4, 0.5) is 15.8 Å². The van der Waals surface area contributed by atoms with Crippen molar-refractivity contribution in [3.63, 3.8) is 0 Å².